The van der Waals surface area contributed by atoms with Crippen LogP contribution in [-0.4, -0.2) is 23.7 Å². The topological polar surface area (TPSA) is 34.2 Å². The van der Waals surface area contributed by atoms with Gasteiger partial charge in [0.2, 0.25) is 0 Å². The van der Waals surface area contributed by atoms with Gasteiger partial charge in [-0.3, -0.25) is 0 Å². The number of hydrogen-bond donors (Lipinski definition) is 1. The van der Waals surface area contributed by atoms with E-state index in [1.54, 1.807) is 11.3 Å². The van der Waals surface area contributed by atoms with E-state index >= 15 is 0 Å². The summed E-state index contributed by atoms with van der Waals surface area (Å²) in [4.78, 5) is 4.57. The molecule has 2 unspecified atom stereocenters. The average Bonchev–Trinajstić information content (AvgIpc) is 2.73. The third kappa shape index (κ3) is 2.46. The van der Waals surface area contributed by atoms with Crippen molar-refractivity contribution in [1.82, 2.24) is 4.98 Å². The van der Waals surface area contributed by atoms with Gasteiger partial charge in [0.25, 0.3) is 0 Å². The fourth-order valence-corrected chi connectivity index (χ4v) is 3.51. The minimum absolute atomic E-state index is 0.328. The number of rotatable bonds is 2. The Morgan fingerprint density at radius 1 is 1.50 bits per heavy atom. The zero-order valence-electron chi connectivity index (χ0n) is 10.1. The first-order chi connectivity index (χ1) is 8.72. The molecule has 1 saturated heterocycles. The molecule has 2 atom stereocenters. The van der Waals surface area contributed by atoms with Crippen LogP contribution >= 0.6 is 22.9 Å². The number of nitrogens with one attached hydrogen (secondary N) is 1. The summed E-state index contributed by atoms with van der Waals surface area (Å²) in [5.41, 5.74) is 0.968. The predicted molar refractivity (Wildman–Crippen MR) is 76.7 cm³/mol. The van der Waals surface area contributed by atoms with E-state index in [0.29, 0.717) is 12.1 Å². The fourth-order valence-electron chi connectivity index (χ4n) is 2.28. The normalized spacial score (nSPS) is 24.3. The van der Waals surface area contributed by atoms with Gasteiger partial charge in [0.05, 0.1) is 21.3 Å². The van der Waals surface area contributed by atoms with Gasteiger partial charge in [0.15, 0.2) is 5.13 Å². The van der Waals surface area contributed by atoms with Crippen LogP contribution in [0.1, 0.15) is 19.8 Å². The van der Waals surface area contributed by atoms with E-state index < -0.39 is 0 Å². The Labute approximate surface area is 115 Å². The molecule has 0 spiro atoms. The number of hydrogen-bond acceptors (Lipinski definition) is 4. The maximum Gasteiger partial charge on any atom is 0.184 e. The summed E-state index contributed by atoms with van der Waals surface area (Å²) in [6, 6.07) is 6.29. The smallest absolute Gasteiger partial charge is 0.184 e. The lowest BCUT2D eigenvalue weighted by Crippen LogP contribution is -2.32. The largest absolute Gasteiger partial charge is 0.378 e. The molecule has 5 heteroatoms. The highest BCUT2D eigenvalue weighted by Crippen LogP contribution is 2.32. The van der Waals surface area contributed by atoms with Gasteiger partial charge in [-0.15, -0.1) is 0 Å². The number of thiazole rings is 1. The predicted octanol–water partition coefficient (Wildman–Crippen LogP) is 3.93. The first-order valence-electron chi connectivity index (χ1n) is 6.15. The Balaban J connectivity index is 1.80. The zero-order chi connectivity index (χ0) is 12.5. The van der Waals surface area contributed by atoms with Crippen molar-refractivity contribution in [3.63, 3.8) is 0 Å². The van der Waals surface area contributed by atoms with E-state index in [4.69, 9.17) is 16.3 Å². The Bertz CT molecular complexity index is 557. The molecule has 1 aromatic heterocycles. The van der Waals surface area contributed by atoms with Crippen LogP contribution in [0.15, 0.2) is 18.2 Å². The minimum Gasteiger partial charge on any atom is -0.378 e. The lowest BCUT2D eigenvalue weighted by molar-refractivity contribution is 0.0232. The van der Waals surface area contributed by atoms with Gasteiger partial charge in [0.1, 0.15) is 0 Å². The van der Waals surface area contributed by atoms with Crippen molar-refractivity contribution in [2.24, 2.45) is 0 Å². The third-order valence-corrected chi connectivity index (χ3v) is 4.64. The van der Waals surface area contributed by atoms with Crippen LogP contribution in [0, 0.1) is 0 Å². The molecule has 0 amide bonds. The van der Waals surface area contributed by atoms with Gasteiger partial charge in [-0.25, -0.2) is 4.98 Å². The maximum atomic E-state index is 6.16. The van der Waals surface area contributed by atoms with Crippen LogP contribution in [0.3, 0.4) is 0 Å². The molecule has 0 radical (unpaired) electrons. The summed E-state index contributed by atoms with van der Waals surface area (Å²) < 4.78 is 6.60. The van der Waals surface area contributed by atoms with Gasteiger partial charge >= 0.3 is 0 Å². The van der Waals surface area contributed by atoms with Crippen molar-refractivity contribution in [1.29, 1.82) is 0 Å². The number of halogens is 1. The Morgan fingerprint density at radius 3 is 3.17 bits per heavy atom. The quantitative estimate of drug-likeness (QED) is 0.906. The van der Waals surface area contributed by atoms with Gasteiger partial charge in [0, 0.05) is 12.6 Å². The first kappa shape index (κ1) is 12.2. The monoisotopic (exact) mass is 282 g/mol. The second-order valence-corrected chi connectivity index (χ2v) is 6.06. The fraction of sp³-hybridized carbons (Fsp3) is 0.462. The highest BCUT2D eigenvalue weighted by atomic mass is 35.5. The highest BCUT2D eigenvalue weighted by Gasteiger charge is 2.20. The van der Waals surface area contributed by atoms with E-state index in [0.717, 1.165) is 39.8 Å². The van der Waals surface area contributed by atoms with Gasteiger partial charge in [-0.05, 0) is 31.9 Å². The molecule has 18 heavy (non-hydrogen) atoms. The summed E-state index contributed by atoms with van der Waals surface area (Å²) in [7, 11) is 0. The summed E-state index contributed by atoms with van der Waals surface area (Å²) in [6.07, 6.45) is 2.40. The number of anilines is 1. The van der Waals surface area contributed by atoms with Gasteiger partial charge in [-0.1, -0.05) is 29.0 Å². The first-order valence-corrected chi connectivity index (χ1v) is 7.35. The molecule has 0 bridgehead atoms. The molecule has 2 aromatic rings. The van der Waals surface area contributed by atoms with Gasteiger partial charge in [-0.2, -0.15) is 0 Å². The van der Waals surface area contributed by atoms with E-state index in [9.17, 15) is 0 Å². The van der Waals surface area contributed by atoms with Crippen molar-refractivity contribution in [2.45, 2.75) is 31.9 Å². The van der Waals surface area contributed by atoms with Gasteiger partial charge < -0.3 is 10.1 Å². The SMILES string of the molecule is CC1CC(Nc2nc3cccc(Cl)c3s2)CCO1. The second-order valence-electron chi connectivity index (χ2n) is 4.65. The molecule has 1 fully saturated rings. The number of fused-ring (bicyclic) bond motifs is 1. The summed E-state index contributed by atoms with van der Waals surface area (Å²) in [6.45, 7) is 2.94. The molecular weight excluding hydrogens is 268 g/mol. The van der Waals surface area contributed by atoms with E-state index in [2.05, 4.69) is 17.2 Å². The number of benzene rings is 1. The highest BCUT2D eigenvalue weighted by molar-refractivity contribution is 7.22. The van der Waals surface area contributed by atoms with E-state index in [1.807, 2.05) is 18.2 Å². The number of ether oxygens (including phenoxy) is 1. The molecule has 0 aliphatic carbocycles. The summed E-state index contributed by atoms with van der Waals surface area (Å²) in [5, 5.41) is 5.23. The zero-order valence-corrected chi connectivity index (χ0v) is 11.7. The van der Waals surface area contributed by atoms with Crippen molar-refractivity contribution in [3.8, 4) is 0 Å². The molecule has 96 valence electrons. The lowest BCUT2D eigenvalue weighted by Gasteiger charge is -2.27. The summed E-state index contributed by atoms with van der Waals surface area (Å²) in [5.74, 6) is 0. The molecule has 1 N–H and O–H groups in total. The molecule has 0 saturated carbocycles. The van der Waals surface area contributed by atoms with Crippen LogP contribution in [-0.2, 0) is 4.74 Å². The van der Waals surface area contributed by atoms with Crippen LogP contribution in [0.25, 0.3) is 10.2 Å². The number of aromatic nitrogens is 1. The van der Waals surface area contributed by atoms with Crippen molar-refractivity contribution in [2.75, 3.05) is 11.9 Å². The molecule has 3 rings (SSSR count). The van der Waals surface area contributed by atoms with E-state index in [-0.39, 0.29) is 0 Å². The van der Waals surface area contributed by atoms with Crippen LogP contribution in [0.5, 0.6) is 0 Å². The molecule has 3 nitrogen and oxygen atoms in total. The number of nitrogens with zero attached hydrogens (tertiary/aromatic N) is 1. The molecule has 1 aliphatic rings. The van der Waals surface area contributed by atoms with E-state index in [1.165, 1.54) is 0 Å². The Morgan fingerprint density at radius 2 is 2.39 bits per heavy atom. The van der Waals surface area contributed by atoms with Crippen LogP contribution < -0.4 is 5.32 Å². The molecular formula is C13H15ClN2OS. The summed E-state index contributed by atoms with van der Waals surface area (Å²) >= 11 is 7.78. The molecule has 2 heterocycles. The maximum absolute atomic E-state index is 6.16. The van der Waals surface area contributed by atoms with Crippen LogP contribution in [0.4, 0.5) is 5.13 Å². The molecule has 1 aliphatic heterocycles. The second kappa shape index (κ2) is 5.03. The van der Waals surface area contributed by atoms with Crippen molar-refractivity contribution >= 4 is 38.3 Å². The third-order valence-electron chi connectivity index (χ3n) is 3.18. The average molecular weight is 283 g/mol. The van der Waals surface area contributed by atoms with Crippen molar-refractivity contribution < 1.29 is 4.74 Å². The van der Waals surface area contributed by atoms with Crippen molar-refractivity contribution in [3.05, 3.63) is 23.2 Å². The molecule has 1 aromatic carbocycles. The standard InChI is InChI=1S/C13H15ClN2OS/c1-8-7-9(5-6-17-8)15-13-16-11-4-2-3-10(14)12(11)18-13/h2-4,8-9H,5-7H2,1H3,(H,15,16). The Kier molecular flexibility index (Phi) is 3.41. The lowest BCUT2D eigenvalue weighted by atomic mass is 10.1. The minimum atomic E-state index is 0.328. The Hall–Kier alpha value is -0.840. The van der Waals surface area contributed by atoms with Crippen LogP contribution in [0.2, 0.25) is 5.02 Å².